The van der Waals surface area contributed by atoms with E-state index < -0.39 is 0 Å². The van der Waals surface area contributed by atoms with E-state index in [1.807, 2.05) is 12.3 Å². The lowest BCUT2D eigenvalue weighted by molar-refractivity contribution is 0.0526. The first-order valence-corrected chi connectivity index (χ1v) is 5.76. The molecule has 0 aromatic heterocycles. The summed E-state index contributed by atoms with van der Waals surface area (Å²) in [4.78, 5) is 16.8. The molecule has 0 unspecified atom stereocenters. The lowest BCUT2D eigenvalue weighted by atomic mass is 10.2. The first-order valence-electron chi connectivity index (χ1n) is 4.77. The molecule has 0 radical (unpaired) electrons. The van der Waals surface area contributed by atoms with Crippen LogP contribution in [-0.2, 0) is 4.74 Å². The molecule has 15 heavy (non-hydrogen) atoms. The Morgan fingerprint density at radius 1 is 1.60 bits per heavy atom. The van der Waals surface area contributed by atoms with Crippen LogP contribution in [0.5, 0.6) is 0 Å². The molecule has 1 aliphatic rings. The van der Waals surface area contributed by atoms with Gasteiger partial charge in [0, 0.05) is 16.9 Å². The normalized spacial score (nSPS) is 13.4. The third-order valence-electron chi connectivity index (χ3n) is 2.01. The van der Waals surface area contributed by atoms with Gasteiger partial charge in [-0.2, -0.15) is 0 Å². The number of carbonyl (C=O) groups is 1. The van der Waals surface area contributed by atoms with Gasteiger partial charge in [-0.25, -0.2) is 4.79 Å². The molecule has 0 saturated heterocycles. The number of benzene rings is 1. The molecule has 1 aliphatic heterocycles. The Bertz CT molecular complexity index is 415. The molecule has 0 spiro atoms. The Balaban J connectivity index is 2.29. The van der Waals surface area contributed by atoms with Gasteiger partial charge in [0.1, 0.15) is 0 Å². The number of aliphatic imine (C=N–C) groups is 1. The first kappa shape index (κ1) is 10.2. The zero-order valence-electron chi connectivity index (χ0n) is 8.40. The molecule has 78 valence electrons. The van der Waals surface area contributed by atoms with E-state index in [0.29, 0.717) is 12.2 Å². The molecule has 4 heteroatoms. The Hall–Kier alpha value is -1.29. The van der Waals surface area contributed by atoms with Crippen molar-refractivity contribution in [2.45, 2.75) is 11.8 Å². The lowest BCUT2D eigenvalue weighted by Gasteiger charge is -2.10. The molecule has 0 N–H and O–H groups in total. The van der Waals surface area contributed by atoms with Crippen LogP contribution in [-0.4, -0.2) is 24.5 Å². The van der Waals surface area contributed by atoms with Crippen molar-refractivity contribution in [3.8, 4) is 0 Å². The predicted octanol–water partition coefficient (Wildman–Crippen LogP) is 2.67. The summed E-state index contributed by atoms with van der Waals surface area (Å²) in [6.07, 6.45) is 1.85. The second-order valence-electron chi connectivity index (χ2n) is 3.03. The molecule has 0 aliphatic carbocycles. The van der Waals surface area contributed by atoms with Crippen LogP contribution in [0.25, 0.3) is 0 Å². The van der Waals surface area contributed by atoms with Crippen molar-refractivity contribution in [3.63, 3.8) is 0 Å². The summed E-state index contributed by atoms with van der Waals surface area (Å²) in [5, 5.41) is 0. The minimum absolute atomic E-state index is 0.286. The maximum Gasteiger partial charge on any atom is 0.338 e. The first-order chi connectivity index (χ1) is 7.31. The van der Waals surface area contributed by atoms with E-state index in [1.165, 1.54) is 0 Å². The number of hydrogen-bond acceptors (Lipinski definition) is 4. The van der Waals surface area contributed by atoms with Crippen LogP contribution < -0.4 is 0 Å². The molecule has 1 aromatic carbocycles. The second kappa shape index (κ2) is 4.49. The average molecular weight is 221 g/mol. The summed E-state index contributed by atoms with van der Waals surface area (Å²) < 4.78 is 4.92. The van der Waals surface area contributed by atoms with Gasteiger partial charge >= 0.3 is 5.97 Å². The second-order valence-corrected chi connectivity index (χ2v) is 4.09. The molecule has 3 nitrogen and oxygen atoms in total. The summed E-state index contributed by atoms with van der Waals surface area (Å²) in [5.74, 6) is 0.609. The number of fused-ring (bicyclic) bond motifs is 1. The number of rotatable bonds is 2. The van der Waals surface area contributed by atoms with Gasteiger partial charge in [0.05, 0.1) is 17.9 Å². The van der Waals surface area contributed by atoms with Crippen molar-refractivity contribution in [3.05, 3.63) is 23.8 Å². The maximum absolute atomic E-state index is 11.4. The fourth-order valence-electron chi connectivity index (χ4n) is 1.34. The third-order valence-corrected chi connectivity index (χ3v) is 2.99. The van der Waals surface area contributed by atoms with Gasteiger partial charge in [0.25, 0.3) is 0 Å². The van der Waals surface area contributed by atoms with E-state index in [1.54, 1.807) is 30.8 Å². The highest BCUT2D eigenvalue weighted by molar-refractivity contribution is 8.00. The predicted molar refractivity (Wildman–Crippen MR) is 61.3 cm³/mol. The Morgan fingerprint density at radius 2 is 2.47 bits per heavy atom. The molecule has 0 atom stereocenters. The molecule has 1 heterocycles. The number of ether oxygens (including phenoxy) is 1. The summed E-state index contributed by atoms with van der Waals surface area (Å²) >= 11 is 1.72. The van der Waals surface area contributed by atoms with E-state index in [-0.39, 0.29) is 5.97 Å². The van der Waals surface area contributed by atoms with Crippen molar-refractivity contribution >= 4 is 29.6 Å². The smallest absolute Gasteiger partial charge is 0.338 e. The molecule has 0 fully saturated rings. The quantitative estimate of drug-likeness (QED) is 0.721. The molecule has 2 rings (SSSR count). The van der Waals surface area contributed by atoms with Crippen molar-refractivity contribution in [1.82, 2.24) is 0 Å². The molecule has 0 amide bonds. The van der Waals surface area contributed by atoms with Crippen LogP contribution in [0.4, 0.5) is 5.69 Å². The summed E-state index contributed by atoms with van der Waals surface area (Å²) in [5.41, 5.74) is 1.42. The highest BCUT2D eigenvalue weighted by atomic mass is 32.2. The van der Waals surface area contributed by atoms with E-state index in [2.05, 4.69) is 4.99 Å². The SMILES string of the molecule is CCOC(=O)c1ccc2c(c1)N=CCS2. The van der Waals surface area contributed by atoms with Crippen LogP contribution >= 0.6 is 11.8 Å². The molecule has 0 bridgehead atoms. The third kappa shape index (κ3) is 2.21. The van der Waals surface area contributed by atoms with Crippen molar-refractivity contribution < 1.29 is 9.53 Å². The summed E-state index contributed by atoms with van der Waals surface area (Å²) in [7, 11) is 0. The van der Waals surface area contributed by atoms with E-state index >= 15 is 0 Å². The molecular weight excluding hydrogens is 210 g/mol. The van der Waals surface area contributed by atoms with Gasteiger partial charge in [-0.15, -0.1) is 11.8 Å². The lowest BCUT2D eigenvalue weighted by Crippen LogP contribution is -2.04. The van der Waals surface area contributed by atoms with Gasteiger partial charge in [0.2, 0.25) is 0 Å². The van der Waals surface area contributed by atoms with Gasteiger partial charge in [-0.3, -0.25) is 4.99 Å². The van der Waals surface area contributed by atoms with Gasteiger partial charge in [-0.05, 0) is 25.1 Å². The number of carbonyl (C=O) groups excluding carboxylic acids is 1. The minimum Gasteiger partial charge on any atom is -0.462 e. The van der Waals surface area contributed by atoms with Crippen LogP contribution in [0, 0.1) is 0 Å². The highest BCUT2D eigenvalue weighted by Gasteiger charge is 2.11. The largest absolute Gasteiger partial charge is 0.462 e. The zero-order valence-corrected chi connectivity index (χ0v) is 9.21. The van der Waals surface area contributed by atoms with E-state index in [4.69, 9.17) is 4.74 Å². The van der Waals surface area contributed by atoms with Gasteiger partial charge in [0.15, 0.2) is 0 Å². The van der Waals surface area contributed by atoms with Crippen molar-refractivity contribution in [1.29, 1.82) is 0 Å². The average Bonchev–Trinajstić information content (AvgIpc) is 2.29. The molecular formula is C11H11NO2S. The number of hydrogen-bond donors (Lipinski definition) is 0. The topological polar surface area (TPSA) is 38.7 Å². The molecule has 0 saturated carbocycles. The molecule has 1 aromatic rings. The fourth-order valence-corrected chi connectivity index (χ4v) is 2.10. The Morgan fingerprint density at radius 3 is 3.27 bits per heavy atom. The number of esters is 1. The minimum atomic E-state index is -0.286. The fraction of sp³-hybridized carbons (Fsp3) is 0.273. The van der Waals surface area contributed by atoms with Gasteiger partial charge in [-0.1, -0.05) is 0 Å². The summed E-state index contributed by atoms with van der Waals surface area (Å²) in [6.45, 7) is 2.19. The zero-order chi connectivity index (χ0) is 10.7. The van der Waals surface area contributed by atoms with Crippen LogP contribution in [0.2, 0.25) is 0 Å². The number of thioether (sulfide) groups is 1. The number of nitrogens with zero attached hydrogens (tertiary/aromatic N) is 1. The van der Waals surface area contributed by atoms with Crippen molar-refractivity contribution in [2.24, 2.45) is 4.99 Å². The standard InChI is InChI=1S/C11H11NO2S/c1-2-14-11(13)8-3-4-10-9(7-8)12-5-6-15-10/h3-5,7H,2,6H2,1H3. The van der Waals surface area contributed by atoms with E-state index in [0.717, 1.165) is 16.3 Å². The Labute approximate surface area is 92.5 Å². The monoisotopic (exact) mass is 221 g/mol. The van der Waals surface area contributed by atoms with Gasteiger partial charge < -0.3 is 4.74 Å². The van der Waals surface area contributed by atoms with Crippen molar-refractivity contribution in [2.75, 3.05) is 12.4 Å². The van der Waals surface area contributed by atoms with Crippen LogP contribution in [0.3, 0.4) is 0 Å². The van der Waals surface area contributed by atoms with Crippen LogP contribution in [0.15, 0.2) is 28.1 Å². The van der Waals surface area contributed by atoms with Crippen LogP contribution in [0.1, 0.15) is 17.3 Å². The Kier molecular flexibility index (Phi) is 3.06. The summed E-state index contributed by atoms with van der Waals surface area (Å²) in [6, 6.07) is 5.48. The highest BCUT2D eigenvalue weighted by Crippen LogP contribution is 2.32. The van der Waals surface area contributed by atoms with E-state index in [9.17, 15) is 4.79 Å². The maximum atomic E-state index is 11.4.